The van der Waals surface area contributed by atoms with Gasteiger partial charge < -0.3 is 9.47 Å². The molecule has 0 unspecified atom stereocenters. The van der Waals surface area contributed by atoms with Gasteiger partial charge in [0.25, 0.3) is 0 Å². The Morgan fingerprint density at radius 2 is 1.86 bits per heavy atom. The van der Waals surface area contributed by atoms with Crippen molar-refractivity contribution in [3.8, 4) is 11.5 Å². The van der Waals surface area contributed by atoms with Crippen LogP contribution in [0.25, 0.3) is 0 Å². The van der Waals surface area contributed by atoms with Gasteiger partial charge in [-0.3, -0.25) is 4.72 Å². The first-order chi connectivity index (χ1) is 9.92. The molecule has 118 valence electrons. The van der Waals surface area contributed by atoms with Crippen molar-refractivity contribution < 1.29 is 17.9 Å². The van der Waals surface area contributed by atoms with E-state index in [1.807, 2.05) is 0 Å². The van der Waals surface area contributed by atoms with E-state index in [9.17, 15) is 8.42 Å². The fourth-order valence-corrected chi connectivity index (χ4v) is 2.99. The molecule has 1 aromatic carbocycles. The van der Waals surface area contributed by atoms with Crippen molar-refractivity contribution in [2.24, 2.45) is 0 Å². The maximum atomic E-state index is 11.9. The van der Waals surface area contributed by atoms with Crippen LogP contribution in [0.5, 0.6) is 11.5 Å². The number of anilines is 1. The largest absolute Gasteiger partial charge is 0.493 e. The average Bonchev–Trinajstić information content (AvgIpc) is 2.91. The predicted molar refractivity (Wildman–Crippen MR) is 83.6 cm³/mol. The van der Waals surface area contributed by atoms with Gasteiger partial charge in [0, 0.05) is 6.07 Å². The molecule has 1 aliphatic carbocycles. The molecule has 1 saturated carbocycles. The number of benzene rings is 1. The molecule has 2 rings (SSSR count). The lowest BCUT2D eigenvalue weighted by atomic mass is 10.2. The molecule has 0 amide bonds. The highest BCUT2D eigenvalue weighted by Crippen LogP contribution is 2.34. The molecule has 0 saturated heterocycles. The van der Waals surface area contributed by atoms with E-state index in [4.69, 9.17) is 9.47 Å². The first kappa shape index (κ1) is 15.9. The molecule has 21 heavy (non-hydrogen) atoms. The summed E-state index contributed by atoms with van der Waals surface area (Å²) >= 11 is 0. The van der Waals surface area contributed by atoms with Crippen molar-refractivity contribution in [2.45, 2.75) is 50.9 Å². The molecule has 0 aliphatic heterocycles. The van der Waals surface area contributed by atoms with Crippen LogP contribution >= 0.6 is 0 Å². The fourth-order valence-electron chi connectivity index (χ4n) is 2.30. The number of methoxy groups -OCH3 is 1. The van der Waals surface area contributed by atoms with E-state index in [0.717, 1.165) is 12.8 Å². The zero-order valence-electron chi connectivity index (χ0n) is 12.8. The van der Waals surface area contributed by atoms with Gasteiger partial charge in [-0.2, -0.15) is 0 Å². The molecule has 1 aromatic rings. The number of hydrogen-bond donors (Lipinski definition) is 1. The molecule has 1 N–H and O–H groups in total. The SMILES string of the molecule is COc1ccc(NS(=O)(=O)C(C)C)cc1OC1CCCC1. The maximum Gasteiger partial charge on any atom is 0.235 e. The first-order valence-corrected chi connectivity index (χ1v) is 8.83. The van der Waals surface area contributed by atoms with Gasteiger partial charge >= 0.3 is 0 Å². The molecule has 0 spiro atoms. The van der Waals surface area contributed by atoms with Crippen LogP contribution in [0.4, 0.5) is 5.69 Å². The van der Waals surface area contributed by atoms with Crippen LogP contribution in [0.15, 0.2) is 18.2 Å². The molecule has 0 radical (unpaired) electrons. The summed E-state index contributed by atoms with van der Waals surface area (Å²) in [7, 11) is -1.78. The van der Waals surface area contributed by atoms with Crippen molar-refractivity contribution >= 4 is 15.7 Å². The van der Waals surface area contributed by atoms with Crippen molar-refractivity contribution in [3.63, 3.8) is 0 Å². The molecular weight excluding hydrogens is 290 g/mol. The summed E-state index contributed by atoms with van der Waals surface area (Å²) in [5, 5.41) is -0.487. The summed E-state index contributed by atoms with van der Waals surface area (Å²) < 4.78 is 37.7. The van der Waals surface area contributed by atoms with Gasteiger partial charge in [-0.25, -0.2) is 8.42 Å². The number of sulfonamides is 1. The highest BCUT2D eigenvalue weighted by Gasteiger charge is 2.20. The van der Waals surface area contributed by atoms with E-state index in [1.54, 1.807) is 39.2 Å². The molecule has 5 nitrogen and oxygen atoms in total. The summed E-state index contributed by atoms with van der Waals surface area (Å²) in [6.07, 6.45) is 4.60. The second-order valence-electron chi connectivity index (χ2n) is 5.59. The van der Waals surface area contributed by atoms with Gasteiger partial charge in [0.15, 0.2) is 11.5 Å². The third-order valence-corrected chi connectivity index (χ3v) is 5.40. The van der Waals surface area contributed by atoms with E-state index < -0.39 is 15.3 Å². The van der Waals surface area contributed by atoms with E-state index in [2.05, 4.69) is 4.72 Å². The summed E-state index contributed by atoms with van der Waals surface area (Å²) in [5.41, 5.74) is 0.498. The van der Waals surface area contributed by atoms with Crippen molar-refractivity contribution in [1.29, 1.82) is 0 Å². The summed E-state index contributed by atoms with van der Waals surface area (Å²) in [6.45, 7) is 3.28. The summed E-state index contributed by atoms with van der Waals surface area (Å²) in [6, 6.07) is 5.10. The van der Waals surface area contributed by atoms with Crippen LogP contribution < -0.4 is 14.2 Å². The van der Waals surface area contributed by atoms with E-state index in [-0.39, 0.29) is 6.10 Å². The third kappa shape index (κ3) is 4.03. The van der Waals surface area contributed by atoms with Gasteiger partial charge in [0.1, 0.15) is 0 Å². The van der Waals surface area contributed by atoms with Crippen LogP contribution in [0, 0.1) is 0 Å². The smallest absolute Gasteiger partial charge is 0.235 e. The fraction of sp³-hybridized carbons (Fsp3) is 0.600. The normalized spacial score (nSPS) is 16.2. The Kier molecular flexibility index (Phi) is 4.98. The van der Waals surface area contributed by atoms with Gasteiger partial charge in [-0.15, -0.1) is 0 Å². The maximum absolute atomic E-state index is 11.9. The standard InChI is InChI=1S/C15H23NO4S/c1-11(2)21(17,18)16-12-8-9-14(19-3)15(10-12)20-13-6-4-5-7-13/h8-11,13,16H,4-7H2,1-3H3. The molecule has 0 atom stereocenters. The van der Waals surface area contributed by atoms with Crippen molar-refractivity contribution in [2.75, 3.05) is 11.8 Å². The summed E-state index contributed by atoms with van der Waals surface area (Å²) in [5.74, 6) is 1.21. The van der Waals surface area contributed by atoms with E-state index in [1.165, 1.54) is 12.8 Å². The van der Waals surface area contributed by atoms with Crippen LogP contribution in [0.3, 0.4) is 0 Å². The van der Waals surface area contributed by atoms with Gasteiger partial charge in [-0.1, -0.05) is 0 Å². The summed E-state index contributed by atoms with van der Waals surface area (Å²) in [4.78, 5) is 0. The number of nitrogens with one attached hydrogen (secondary N) is 1. The molecule has 6 heteroatoms. The predicted octanol–water partition coefficient (Wildman–Crippen LogP) is 3.17. The van der Waals surface area contributed by atoms with Gasteiger partial charge in [0.2, 0.25) is 10.0 Å². The Morgan fingerprint density at radius 3 is 2.43 bits per heavy atom. The Morgan fingerprint density at radius 1 is 1.19 bits per heavy atom. The van der Waals surface area contributed by atoms with Gasteiger partial charge in [-0.05, 0) is 51.7 Å². The molecule has 0 aromatic heterocycles. The van der Waals surface area contributed by atoms with Crippen molar-refractivity contribution in [1.82, 2.24) is 0 Å². The van der Waals surface area contributed by atoms with E-state index >= 15 is 0 Å². The Labute approximate surface area is 126 Å². The lowest BCUT2D eigenvalue weighted by molar-refractivity contribution is 0.201. The minimum atomic E-state index is -3.36. The lowest BCUT2D eigenvalue weighted by Crippen LogP contribution is -2.22. The number of ether oxygens (including phenoxy) is 2. The highest BCUT2D eigenvalue weighted by molar-refractivity contribution is 7.93. The Balaban J connectivity index is 2.20. The second kappa shape index (κ2) is 6.56. The Hall–Kier alpha value is -1.43. The first-order valence-electron chi connectivity index (χ1n) is 7.28. The average molecular weight is 313 g/mol. The lowest BCUT2D eigenvalue weighted by Gasteiger charge is -2.18. The molecule has 1 aliphatic rings. The monoisotopic (exact) mass is 313 g/mol. The number of hydrogen-bond acceptors (Lipinski definition) is 4. The van der Waals surface area contributed by atoms with Crippen LogP contribution in [-0.2, 0) is 10.0 Å². The topological polar surface area (TPSA) is 64.6 Å². The van der Waals surface area contributed by atoms with Crippen molar-refractivity contribution in [3.05, 3.63) is 18.2 Å². The van der Waals surface area contributed by atoms with Crippen LogP contribution in [0.2, 0.25) is 0 Å². The Bertz CT molecular complexity index is 577. The molecule has 1 fully saturated rings. The zero-order chi connectivity index (χ0) is 15.5. The molecule has 0 heterocycles. The quantitative estimate of drug-likeness (QED) is 0.876. The highest BCUT2D eigenvalue weighted by atomic mass is 32.2. The van der Waals surface area contributed by atoms with E-state index in [0.29, 0.717) is 17.2 Å². The number of rotatable bonds is 6. The molecular formula is C15H23NO4S. The minimum Gasteiger partial charge on any atom is -0.493 e. The van der Waals surface area contributed by atoms with Crippen LogP contribution in [0.1, 0.15) is 39.5 Å². The molecule has 0 bridgehead atoms. The van der Waals surface area contributed by atoms with Gasteiger partial charge in [0.05, 0.1) is 24.2 Å². The second-order valence-corrected chi connectivity index (χ2v) is 7.82. The minimum absolute atomic E-state index is 0.191. The van der Waals surface area contributed by atoms with Crippen LogP contribution in [-0.4, -0.2) is 26.9 Å². The zero-order valence-corrected chi connectivity index (χ0v) is 13.6. The third-order valence-electron chi connectivity index (χ3n) is 3.64.